The van der Waals surface area contributed by atoms with Crippen molar-refractivity contribution in [3.05, 3.63) is 72.1 Å². The van der Waals surface area contributed by atoms with E-state index in [4.69, 9.17) is 0 Å². The quantitative estimate of drug-likeness (QED) is 0.662. The van der Waals surface area contributed by atoms with Crippen molar-refractivity contribution >= 4 is 11.0 Å². The predicted molar refractivity (Wildman–Crippen MR) is 68.8 cm³/mol. The first-order chi connectivity index (χ1) is 8.42. The zero-order valence-corrected chi connectivity index (χ0v) is 9.38. The first-order valence-electron chi connectivity index (χ1n) is 5.65. The highest BCUT2D eigenvalue weighted by Gasteiger charge is 1.99. The largest absolute Gasteiger partial charge is 0.253 e. The molecule has 0 unspecified atom stereocenters. The van der Waals surface area contributed by atoms with Crippen molar-refractivity contribution in [3.8, 4) is 0 Å². The molecule has 0 aliphatic carbocycles. The van der Waals surface area contributed by atoms with Crippen molar-refractivity contribution in [3.63, 3.8) is 0 Å². The van der Waals surface area contributed by atoms with Gasteiger partial charge in [-0.1, -0.05) is 36.4 Å². The number of hydrogen-bond acceptors (Lipinski definition) is 2. The van der Waals surface area contributed by atoms with Gasteiger partial charge in [-0.15, -0.1) is 0 Å². The maximum absolute atomic E-state index is 4.32. The Morgan fingerprint density at radius 3 is 2.29 bits per heavy atom. The molecule has 0 fully saturated rings. The molecule has 2 heteroatoms. The molecule has 0 spiro atoms. The van der Waals surface area contributed by atoms with Crippen LogP contribution in [0.25, 0.3) is 11.0 Å². The van der Waals surface area contributed by atoms with Gasteiger partial charge in [-0.3, -0.25) is 9.97 Å². The van der Waals surface area contributed by atoms with E-state index < -0.39 is 0 Å². The van der Waals surface area contributed by atoms with Gasteiger partial charge in [-0.2, -0.15) is 0 Å². The van der Waals surface area contributed by atoms with Gasteiger partial charge in [0.2, 0.25) is 0 Å². The number of fused-ring (bicyclic) bond motifs is 1. The lowest BCUT2D eigenvalue weighted by Crippen LogP contribution is -1.89. The van der Waals surface area contributed by atoms with Gasteiger partial charge in [0.05, 0.1) is 11.0 Å². The minimum Gasteiger partial charge on any atom is -0.253 e. The maximum atomic E-state index is 4.32. The van der Waals surface area contributed by atoms with Gasteiger partial charge >= 0.3 is 0 Å². The molecular weight excluding hydrogens is 208 g/mol. The van der Waals surface area contributed by atoms with Crippen molar-refractivity contribution in [1.29, 1.82) is 0 Å². The summed E-state index contributed by atoms with van der Waals surface area (Å²) < 4.78 is 0. The lowest BCUT2D eigenvalue weighted by Gasteiger charge is -2.03. The summed E-state index contributed by atoms with van der Waals surface area (Å²) in [5, 5.41) is 0. The van der Waals surface area contributed by atoms with Crippen molar-refractivity contribution in [2.75, 3.05) is 0 Å². The normalized spacial score (nSPS) is 10.6. The molecule has 0 aliphatic heterocycles. The zero-order chi connectivity index (χ0) is 11.5. The molecule has 0 amide bonds. The summed E-state index contributed by atoms with van der Waals surface area (Å²) in [6.07, 6.45) is 4.39. The van der Waals surface area contributed by atoms with E-state index in [1.54, 1.807) is 12.4 Å². The molecule has 2 nitrogen and oxygen atoms in total. The van der Waals surface area contributed by atoms with Crippen LogP contribution in [0, 0.1) is 0 Å². The Morgan fingerprint density at radius 2 is 1.47 bits per heavy atom. The van der Waals surface area contributed by atoms with Crippen LogP contribution in [0.1, 0.15) is 11.1 Å². The molecule has 0 N–H and O–H groups in total. The first kappa shape index (κ1) is 9.97. The van der Waals surface area contributed by atoms with Gasteiger partial charge in [0.1, 0.15) is 0 Å². The third kappa shape index (κ3) is 2.16. The molecule has 82 valence electrons. The van der Waals surface area contributed by atoms with Crippen molar-refractivity contribution in [1.82, 2.24) is 9.97 Å². The SMILES string of the molecule is c1ccc(Cc2ccc3nccnc3c2)cc1. The summed E-state index contributed by atoms with van der Waals surface area (Å²) in [5.74, 6) is 0. The number of nitrogens with zero attached hydrogens (tertiary/aromatic N) is 2. The summed E-state index contributed by atoms with van der Waals surface area (Å²) in [4.78, 5) is 8.59. The van der Waals surface area contributed by atoms with Crippen LogP contribution in [0.3, 0.4) is 0 Å². The Morgan fingerprint density at radius 1 is 0.706 bits per heavy atom. The highest BCUT2D eigenvalue weighted by molar-refractivity contribution is 5.74. The Hall–Kier alpha value is -2.22. The molecule has 0 aliphatic rings. The van der Waals surface area contributed by atoms with Gasteiger partial charge in [0, 0.05) is 12.4 Å². The zero-order valence-electron chi connectivity index (χ0n) is 9.38. The van der Waals surface area contributed by atoms with E-state index in [0.29, 0.717) is 0 Å². The molecular formula is C15H12N2. The predicted octanol–water partition coefficient (Wildman–Crippen LogP) is 3.22. The molecule has 0 atom stereocenters. The lowest BCUT2D eigenvalue weighted by molar-refractivity contribution is 1.19. The molecule has 0 radical (unpaired) electrons. The van der Waals surface area contributed by atoms with E-state index >= 15 is 0 Å². The van der Waals surface area contributed by atoms with Crippen LogP contribution < -0.4 is 0 Å². The topological polar surface area (TPSA) is 25.8 Å². The highest BCUT2D eigenvalue weighted by Crippen LogP contribution is 2.14. The third-order valence-electron chi connectivity index (χ3n) is 2.78. The number of rotatable bonds is 2. The summed E-state index contributed by atoms with van der Waals surface area (Å²) in [7, 11) is 0. The molecule has 0 bridgehead atoms. The van der Waals surface area contributed by atoms with Crippen LogP contribution in [0.5, 0.6) is 0 Å². The molecule has 3 aromatic rings. The first-order valence-corrected chi connectivity index (χ1v) is 5.65. The van der Waals surface area contributed by atoms with Gasteiger partial charge in [-0.05, 0) is 29.7 Å². The number of aromatic nitrogens is 2. The fraction of sp³-hybridized carbons (Fsp3) is 0.0667. The standard InChI is InChI=1S/C15H12N2/c1-2-4-12(5-3-1)10-13-6-7-14-15(11-13)17-9-8-16-14/h1-9,11H,10H2. The number of hydrogen-bond donors (Lipinski definition) is 0. The fourth-order valence-corrected chi connectivity index (χ4v) is 1.95. The molecule has 2 aromatic carbocycles. The highest BCUT2D eigenvalue weighted by atomic mass is 14.8. The van der Waals surface area contributed by atoms with Gasteiger partial charge in [0.15, 0.2) is 0 Å². The van der Waals surface area contributed by atoms with E-state index in [9.17, 15) is 0 Å². The summed E-state index contributed by atoms with van der Waals surface area (Å²) in [6.45, 7) is 0. The Bertz CT molecular complexity index is 633. The van der Waals surface area contributed by atoms with E-state index in [1.807, 2.05) is 12.1 Å². The average Bonchev–Trinajstić information content (AvgIpc) is 2.40. The number of benzene rings is 2. The second-order valence-corrected chi connectivity index (χ2v) is 4.04. The monoisotopic (exact) mass is 220 g/mol. The Kier molecular flexibility index (Phi) is 2.54. The fourth-order valence-electron chi connectivity index (χ4n) is 1.95. The lowest BCUT2D eigenvalue weighted by atomic mass is 10.0. The second-order valence-electron chi connectivity index (χ2n) is 4.04. The van der Waals surface area contributed by atoms with Crippen LogP contribution in [0.2, 0.25) is 0 Å². The van der Waals surface area contributed by atoms with Crippen molar-refractivity contribution in [2.24, 2.45) is 0 Å². The van der Waals surface area contributed by atoms with Crippen molar-refractivity contribution < 1.29 is 0 Å². The summed E-state index contributed by atoms with van der Waals surface area (Å²) in [5.41, 5.74) is 4.49. The van der Waals surface area contributed by atoms with Gasteiger partial charge in [0.25, 0.3) is 0 Å². The molecule has 1 aromatic heterocycles. The van der Waals surface area contributed by atoms with E-state index in [1.165, 1.54) is 11.1 Å². The van der Waals surface area contributed by atoms with Gasteiger partial charge < -0.3 is 0 Å². The molecule has 0 saturated carbocycles. The van der Waals surface area contributed by atoms with Crippen LogP contribution in [0.4, 0.5) is 0 Å². The van der Waals surface area contributed by atoms with E-state index in [2.05, 4.69) is 46.4 Å². The van der Waals surface area contributed by atoms with E-state index in [0.717, 1.165) is 17.5 Å². The summed E-state index contributed by atoms with van der Waals surface area (Å²) >= 11 is 0. The molecule has 0 saturated heterocycles. The van der Waals surface area contributed by atoms with Crippen LogP contribution in [-0.4, -0.2) is 9.97 Å². The Labute approximate surface area is 100.0 Å². The van der Waals surface area contributed by atoms with Gasteiger partial charge in [-0.25, -0.2) is 0 Å². The second kappa shape index (κ2) is 4.34. The Balaban J connectivity index is 1.96. The molecule has 17 heavy (non-hydrogen) atoms. The van der Waals surface area contributed by atoms with E-state index in [-0.39, 0.29) is 0 Å². The smallest absolute Gasteiger partial charge is 0.0889 e. The maximum Gasteiger partial charge on any atom is 0.0889 e. The molecule has 1 heterocycles. The third-order valence-corrected chi connectivity index (χ3v) is 2.78. The minimum absolute atomic E-state index is 0.938. The van der Waals surface area contributed by atoms with Crippen molar-refractivity contribution in [2.45, 2.75) is 6.42 Å². The van der Waals surface area contributed by atoms with Crippen LogP contribution in [-0.2, 0) is 6.42 Å². The van der Waals surface area contributed by atoms with Crippen LogP contribution >= 0.6 is 0 Å². The average molecular weight is 220 g/mol. The molecule has 3 rings (SSSR count). The minimum atomic E-state index is 0.938. The van der Waals surface area contributed by atoms with Crippen LogP contribution in [0.15, 0.2) is 60.9 Å². The summed E-state index contributed by atoms with van der Waals surface area (Å²) in [6, 6.07) is 16.7.